The van der Waals surface area contributed by atoms with Crippen LogP contribution in [0, 0.1) is 5.82 Å². The van der Waals surface area contributed by atoms with E-state index in [4.69, 9.17) is 5.11 Å². The van der Waals surface area contributed by atoms with Crippen LogP contribution in [0.5, 0.6) is 0 Å². The Morgan fingerprint density at radius 1 is 1.47 bits per heavy atom. The number of hydrogen-bond acceptors (Lipinski definition) is 2. The van der Waals surface area contributed by atoms with E-state index in [0.717, 1.165) is 6.07 Å². The SMILES string of the molecule is CC(=O)NCC=Cc1ccc(F)c(C(=O)O)c1. The number of carboxylic acids is 1. The largest absolute Gasteiger partial charge is 0.478 e. The highest BCUT2D eigenvalue weighted by Crippen LogP contribution is 2.11. The standard InChI is InChI=1S/C12H12FNO3/c1-8(15)14-6-2-3-9-4-5-11(13)10(7-9)12(16)17/h2-5,7H,6H2,1H3,(H,14,15)(H,16,17). The van der Waals surface area contributed by atoms with E-state index < -0.39 is 11.8 Å². The Bertz CT molecular complexity index is 469. The summed E-state index contributed by atoms with van der Waals surface area (Å²) in [6, 6.07) is 3.80. The van der Waals surface area contributed by atoms with Crippen LogP contribution in [0.2, 0.25) is 0 Å². The first kappa shape index (κ1) is 12.9. The second kappa shape index (κ2) is 5.79. The summed E-state index contributed by atoms with van der Waals surface area (Å²) < 4.78 is 13.1. The van der Waals surface area contributed by atoms with E-state index in [-0.39, 0.29) is 11.5 Å². The minimum Gasteiger partial charge on any atom is -0.478 e. The minimum absolute atomic E-state index is 0.153. The number of halogens is 1. The third-order valence-corrected chi connectivity index (χ3v) is 2.00. The molecule has 0 saturated carbocycles. The smallest absolute Gasteiger partial charge is 0.338 e. The topological polar surface area (TPSA) is 66.4 Å². The zero-order valence-electron chi connectivity index (χ0n) is 9.24. The molecular weight excluding hydrogens is 225 g/mol. The molecule has 0 unspecified atom stereocenters. The molecule has 0 spiro atoms. The fourth-order valence-electron chi connectivity index (χ4n) is 1.21. The van der Waals surface area contributed by atoms with Crippen LogP contribution in [0.15, 0.2) is 24.3 Å². The molecule has 1 amide bonds. The van der Waals surface area contributed by atoms with E-state index in [1.54, 1.807) is 12.2 Å². The molecule has 1 rings (SSSR count). The number of carboxylic acid groups (broad SMARTS) is 1. The fraction of sp³-hybridized carbons (Fsp3) is 0.167. The number of carbonyl (C=O) groups excluding carboxylic acids is 1. The molecule has 0 aliphatic rings. The minimum atomic E-state index is -1.31. The average molecular weight is 237 g/mol. The van der Waals surface area contributed by atoms with E-state index in [9.17, 15) is 14.0 Å². The molecule has 0 fully saturated rings. The molecule has 0 aromatic heterocycles. The van der Waals surface area contributed by atoms with Crippen LogP contribution in [0.1, 0.15) is 22.8 Å². The van der Waals surface area contributed by atoms with Gasteiger partial charge in [0.2, 0.25) is 5.91 Å². The van der Waals surface area contributed by atoms with Gasteiger partial charge in [0.05, 0.1) is 5.56 Å². The Balaban J connectivity index is 2.75. The van der Waals surface area contributed by atoms with E-state index in [0.29, 0.717) is 12.1 Å². The monoisotopic (exact) mass is 237 g/mol. The van der Waals surface area contributed by atoms with Gasteiger partial charge < -0.3 is 10.4 Å². The normalized spacial score (nSPS) is 10.5. The number of rotatable bonds is 4. The predicted octanol–water partition coefficient (Wildman–Crippen LogP) is 1.67. The van der Waals surface area contributed by atoms with E-state index in [2.05, 4.69) is 5.32 Å². The maximum atomic E-state index is 13.1. The Kier molecular flexibility index (Phi) is 4.39. The van der Waals surface area contributed by atoms with Gasteiger partial charge >= 0.3 is 5.97 Å². The Morgan fingerprint density at radius 3 is 2.76 bits per heavy atom. The van der Waals surface area contributed by atoms with Crippen molar-refractivity contribution in [3.05, 3.63) is 41.2 Å². The molecule has 0 heterocycles. The molecule has 2 N–H and O–H groups in total. The van der Waals surface area contributed by atoms with Gasteiger partial charge in [-0.05, 0) is 17.7 Å². The second-order valence-electron chi connectivity index (χ2n) is 3.38. The van der Waals surface area contributed by atoms with Crippen molar-refractivity contribution in [3.63, 3.8) is 0 Å². The maximum absolute atomic E-state index is 13.1. The molecule has 0 saturated heterocycles. The molecule has 1 aromatic carbocycles. The van der Waals surface area contributed by atoms with Crippen LogP contribution >= 0.6 is 0 Å². The molecule has 0 radical (unpaired) electrons. The van der Waals surface area contributed by atoms with E-state index in [1.807, 2.05) is 0 Å². The number of aromatic carboxylic acids is 1. The highest BCUT2D eigenvalue weighted by Gasteiger charge is 2.09. The molecule has 4 nitrogen and oxygen atoms in total. The number of nitrogens with one attached hydrogen (secondary N) is 1. The number of carbonyl (C=O) groups is 2. The van der Waals surface area contributed by atoms with Crippen LogP contribution in [-0.2, 0) is 4.79 Å². The van der Waals surface area contributed by atoms with Crippen molar-refractivity contribution in [2.24, 2.45) is 0 Å². The summed E-state index contributed by atoms with van der Waals surface area (Å²) in [5.74, 6) is -2.23. The van der Waals surface area contributed by atoms with Crippen molar-refractivity contribution in [3.8, 4) is 0 Å². The fourth-order valence-corrected chi connectivity index (χ4v) is 1.21. The summed E-state index contributed by atoms with van der Waals surface area (Å²) in [4.78, 5) is 21.2. The lowest BCUT2D eigenvalue weighted by molar-refractivity contribution is -0.118. The van der Waals surface area contributed by atoms with Crippen LogP contribution in [0.3, 0.4) is 0 Å². The van der Waals surface area contributed by atoms with Gasteiger partial charge in [-0.3, -0.25) is 4.79 Å². The highest BCUT2D eigenvalue weighted by atomic mass is 19.1. The maximum Gasteiger partial charge on any atom is 0.338 e. The summed E-state index contributed by atoms with van der Waals surface area (Å²) in [7, 11) is 0. The van der Waals surface area contributed by atoms with Crippen molar-refractivity contribution < 1.29 is 19.1 Å². The zero-order valence-corrected chi connectivity index (χ0v) is 9.24. The lowest BCUT2D eigenvalue weighted by atomic mass is 10.1. The second-order valence-corrected chi connectivity index (χ2v) is 3.38. The van der Waals surface area contributed by atoms with Crippen LogP contribution < -0.4 is 5.32 Å². The van der Waals surface area contributed by atoms with Gasteiger partial charge in [0.1, 0.15) is 5.82 Å². The number of benzene rings is 1. The first-order chi connectivity index (χ1) is 8.00. The van der Waals surface area contributed by atoms with Crippen molar-refractivity contribution >= 4 is 18.0 Å². The third kappa shape index (κ3) is 4.06. The first-order valence-corrected chi connectivity index (χ1v) is 4.94. The summed E-state index contributed by atoms with van der Waals surface area (Å²) in [5, 5.41) is 11.3. The van der Waals surface area contributed by atoms with Crippen LogP contribution in [-0.4, -0.2) is 23.5 Å². The number of hydrogen-bond donors (Lipinski definition) is 2. The molecule has 17 heavy (non-hydrogen) atoms. The molecule has 1 aromatic rings. The van der Waals surface area contributed by atoms with Gasteiger partial charge in [-0.25, -0.2) is 9.18 Å². The summed E-state index contributed by atoms with van der Waals surface area (Å²) in [6.07, 6.45) is 3.27. The molecule has 0 aliphatic carbocycles. The van der Waals surface area contributed by atoms with Crippen molar-refractivity contribution in [2.45, 2.75) is 6.92 Å². The van der Waals surface area contributed by atoms with Gasteiger partial charge in [-0.15, -0.1) is 0 Å². The average Bonchev–Trinajstić information content (AvgIpc) is 2.25. The summed E-state index contributed by atoms with van der Waals surface area (Å²) >= 11 is 0. The summed E-state index contributed by atoms with van der Waals surface area (Å²) in [5.41, 5.74) is 0.195. The van der Waals surface area contributed by atoms with Gasteiger partial charge in [-0.1, -0.05) is 18.2 Å². The van der Waals surface area contributed by atoms with E-state index >= 15 is 0 Å². The Hall–Kier alpha value is -2.17. The quantitative estimate of drug-likeness (QED) is 0.837. The van der Waals surface area contributed by atoms with Gasteiger partial charge in [0.25, 0.3) is 0 Å². The predicted molar refractivity (Wildman–Crippen MR) is 61.1 cm³/mol. The van der Waals surface area contributed by atoms with Crippen molar-refractivity contribution in [1.82, 2.24) is 5.32 Å². The third-order valence-electron chi connectivity index (χ3n) is 2.00. The van der Waals surface area contributed by atoms with Crippen LogP contribution in [0.4, 0.5) is 4.39 Å². The molecule has 0 bridgehead atoms. The van der Waals surface area contributed by atoms with Gasteiger partial charge in [0.15, 0.2) is 0 Å². The van der Waals surface area contributed by atoms with E-state index in [1.165, 1.54) is 19.1 Å². The lowest BCUT2D eigenvalue weighted by Crippen LogP contribution is -2.19. The van der Waals surface area contributed by atoms with Crippen LogP contribution in [0.25, 0.3) is 6.08 Å². The molecule has 5 heteroatoms. The highest BCUT2D eigenvalue weighted by molar-refractivity contribution is 5.88. The lowest BCUT2D eigenvalue weighted by Gasteiger charge is -1.99. The molecule has 90 valence electrons. The Morgan fingerprint density at radius 2 is 2.18 bits per heavy atom. The first-order valence-electron chi connectivity index (χ1n) is 4.94. The van der Waals surface area contributed by atoms with Crippen molar-refractivity contribution in [1.29, 1.82) is 0 Å². The molecular formula is C12H12FNO3. The molecule has 0 atom stereocenters. The van der Waals surface area contributed by atoms with Gasteiger partial charge in [-0.2, -0.15) is 0 Å². The zero-order chi connectivity index (χ0) is 12.8. The number of amides is 1. The van der Waals surface area contributed by atoms with Crippen molar-refractivity contribution in [2.75, 3.05) is 6.54 Å². The van der Waals surface area contributed by atoms with Gasteiger partial charge in [0, 0.05) is 13.5 Å². The Labute approximate surface area is 97.8 Å². The molecule has 0 aliphatic heterocycles. The summed E-state index contributed by atoms with van der Waals surface area (Å²) in [6.45, 7) is 1.74.